The molecule has 30 heavy (non-hydrogen) atoms. The van der Waals surface area contributed by atoms with Gasteiger partial charge in [0.05, 0.1) is 6.54 Å². The fourth-order valence-electron chi connectivity index (χ4n) is 3.35. The molecule has 0 aliphatic rings. The first-order valence-electron chi connectivity index (χ1n) is 10.3. The van der Waals surface area contributed by atoms with Crippen molar-refractivity contribution in [2.75, 3.05) is 19.6 Å². The van der Waals surface area contributed by atoms with Crippen LogP contribution < -0.4 is 5.73 Å². The van der Waals surface area contributed by atoms with Crippen molar-refractivity contribution in [3.8, 4) is 0 Å². The van der Waals surface area contributed by atoms with Crippen molar-refractivity contribution in [2.24, 2.45) is 5.73 Å². The number of aromatic nitrogens is 1. The van der Waals surface area contributed by atoms with Crippen LogP contribution >= 0.6 is 11.6 Å². The minimum absolute atomic E-state index is 0.0485. The number of nitrogens with zero attached hydrogens (tertiary/aromatic N) is 1. The van der Waals surface area contributed by atoms with E-state index in [1.165, 1.54) is 0 Å². The lowest BCUT2D eigenvalue weighted by atomic mass is 10.1. The monoisotopic (exact) mass is 421 g/mol. The number of unbranched alkanes of at least 4 members (excludes halogenated alkanes) is 2. The number of halogens is 1. The molecule has 1 heterocycles. The lowest BCUT2D eigenvalue weighted by molar-refractivity contribution is -0.125. The molecule has 0 aliphatic carbocycles. The number of amides is 1. The van der Waals surface area contributed by atoms with Gasteiger partial charge in [0, 0.05) is 34.8 Å². The van der Waals surface area contributed by atoms with Gasteiger partial charge >= 0.3 is 0 Å². The third-order valence-corrected chi connectivity index (χ3v) is 5.16. The summed E-state index contributed by atoms with van der Waals surface area (Å²) in [6.07, 6.45) is 10.2. The number of para-hydroxylation sites is 1. The van der Waals surface area contributed by atoms with E-state index in [4.69, 9.17) is 17.3 Å². The molecule has 156 valence electrons. The van der Waals surface area contributed by atoms with Gasteiger partial charge in [0.25, 0.3) is 0 Å². The van der Waals surface area contributed by atoms with Crippen molar-refractivity contribution in [3.05, 3.63) is 83.0 Å². The summed E-state index contributed by atoms with van der Waals surface area (Å²) >= 11 is 6.49. The summed E-state index contributed by atoms with van der Waals surface area (Å²) in [5.74, 6) is -0.0485. The van der Waals surface area contributed by atoms with Crippen LogP contribution in [-0.2, 0) is 4.79 Å². The zero-order valence-corrected chi connectivity index (χ0v) is 17.8. The normalized spacial score (nSPS) is 12.0. The molecule has 0 bridgehead atoms. The van der Waals surface area contributed by atoms with Gasteiger partial charge in [-0.3, -0.25) is 4.79 Å². The Bertz CT molecular complexity index is 1010. The van der Waals surface area contributed by atoms with Crippen molar-refractivity contribution < 1.29 is 4.79 Å². The number of fused-ring (bicyclic) bond motifs is 1. The number of nitrogens with one attached hydrogen (secondary N) is 1. The minimum atomic E-state index is -0.0485. The smallest absolute Gasteiger partial charge is 0.246 e. The van der Waals surface area contributed by atoms with Gasteiger partial charge in [0.1, 0.15) is 0 Å². The van der Waals surface area contributed by atoms with E-state index in [0.717, 1.165) is 41.3 Å². The largest absolute Gasteiger partial charge is 0.361 e. The lowest BCUT2D eigenvalue weighted by Crippen LogP contribution is -2.31. The lowest BCUT2D eigenvalue weighted by Gasteiger charge is -2.21. The summed E-state index contributed by atoms with van der Waals surface area (Å²) in [4.78, 5) is 18.0. The molecule has 1 aromatic heterocycles. The van der Waals surface area contributed by atoms with E-state index in [1.807, 2.05) is 72.9 Å². The van der Waals surface area contributed by atoms with E-state index >= 15 is 0 Å². The van der Waals surface area contributed by atoms with Crippen LogP contribution in [0.15, 0.2) is 71.9 Å². The van der Waals surface area contributed by atoms with E-state index in [0.29, 0.717) is 24.7 Å². The Kier molecular flexibility index (Phi) is 8.30. The van der Waals surface area contributed by atoms with Crippen molar-refractivity contribution in [3.63, 3.8) is 0 Å². The van der Waals surface area contributed by atoms with E-state index in [9.17, 15) is 4.79 Å². The molecule has 0 radical (unpaired) electrons. The quantitative estimate of drug-likeness (QED) is 0.339. The first-order valence-corrected chi connectivity index (χ1v) is 10.7. The van der Waals surface area contributed by atoms with E-state index < -0.39 is 0 Å². The Morgan fingerprint density at radius 3 is 2.60 bits per heavy atom. The van der Waals surface area contributed by atoms with Crippen LogP contribution in [0, 0.1) is 0 Å². The molecule has 0 spiro atoms. The van der Waals surface area contributed by atoms with Crippen LogP contribution in [0.2, 0.25) is 0 Å². The van der Waals surface area contributed by atoms with Crippen molar-refractivity contribution in [1.82, 2.24) is 9.88 Å². The van der Waals surface area contributed by atoms with Crippen LogP contribution in [-0.4, -0.2) is 35.4 Å². The van der Waals surface area contributed by atoms with E-state index in [-0.39, 0.29) is 5.91 Å². The standard InChI is InChI=1S/C25H28ClN3O/c26-22(17-20-9-3-1-4-10-20)19-29(16-8-2-7-15-27)25(30)14-13-21-18-28-24-12-6-5-11-23(21)24/h1,3-6,9-14,17-18,28H,2,7-8,15-16,19,27H2/b14-13+,22-17-. The maximum atomic E-state index is 12.9. The summed E-state index contributed by atoms with van der Waals surface area (Å²) in [6, 6.07) is 17.9. The topological polar surface area (TPSA) is 62.1 Å². The average molecular weight is 422 g/mol. The highest BCUT2D eigenvalue weighted by atomic mass is 35.5. The summed E-state index contributed by atoms with van der Waals surface area (Å²) in [5.41, 5.74) is 8.66. The Morgan fingerprint density at radius 2 is 1.80 bits per heavy atom. The van der Waals surface area contributed by atoms with Gasteiger partial charge in [-0.05, 0) is 48.7 Å². The Balaban J connectivity index is 1.71. The van der Waals surface area contributed by atoms with Crippen molar-refractivity contribution >= 4 is 40.6 Å². The van der Waals surface area contributed by atoms with Gasteiger partial charge in [-0.15, -0.1) is 0 Å². The second kappa shape index (κ2) is 11.4. The maximum Gasteiger partial charge on any atom is 0.246 e. The van der Waals surface area contributed by atoms with E-state index in [1.54, 1.807) is 11.0 Å². The zero-order chi connectivity index (χ0) is 21.2. The van der Waals surface area contributed by atoms with Crippen molar-refractivity contribution in [1.29, 1.82) is 0 Å². The highest BCUT2D eigenvalue weighted by Gasteiger charge is 2.12. The summed E-state index contributed by atoms with van der Waals surface area (Å²) in [5, 5.41) is 1.73. The fraction of sp³-hybridized carbons (Fsp3) is 0.240. The molecule has 0 atom stereocenters. The average Bonchev–Trinajstić information content (AvgIpc) is 3.18. The predicted octanol–water partition coefficient (Wildman–Crippen LogP) is 5.42. The SMILES string of the molecule is NCCCCCN(C/C(Cl)=C/c1ccccc1)C(=O)/C=C/c1c[nH]c2ccccc12. The Hall–Kier alpha value is -2.82. The minimum Gasteiger partial charge on any atom is -0.361 e. The maximum absolute atomic E-state index is 12.9. The molecule has 2 aromatic carbocycles. The number of hydrogen-bond donors (Lipinski definition) is 2. The molecule has 1 amide bonds. The molecular weight excluding hydrogens is 394 g/mol. The third-order valence-electron chi connectivity index (χ3n) is 4.94. The predicted molar refractivity (Wildman–Crippen MR) is 127 cm³/mol. The number of rotatable bonds is 10. The second-order valence-electron chi connectivity index (χ2n) is 7.23. The Labute approximate surface area is 183 Å². The molecule has 0 saturated heterocycles. The van der Waals surface area contributed by atoms with Gasteiger partial charge in [-0.25, -0.2) is 0 Å². The highest BCUT2D eigenvalue weighted by molar-refractivity contribution is 6.32. The zero-order valence-electron chi connectivity index (χ0n) is 17.1. The van der Waals surface area contributed by atoms with Crippen LogP contribution in [0.3, 0.4) is 0 Å². The number of carbonyl (C=O) groups is 1. The Morgan fingerprint density at radius 1 is 1.03 bits per heavy atom. The van der Waals surface area contributed by atoms with Gasteiger partial charge in [0.2, 0.25) is 5.91 Å². The molecule has 0 saturated carbocycles. The first kappa shape index (κ1) is 21.9. The van der Waals surface area contributed by atoms with Gasteiger partial charge in [-0.2, -0.15) is 0 Å². The number of aromatic amines is 1. The molecular formula is C25H28ClN3O. The summed E-state index contributed by atoms with van der Waals surface area (Å²) in [6.45, 7) is 1.70. The highest BCUT2D eigenvalue weighted by Crippen LogP contribution is 2.19. The molecule has 5 heteroatoms. The molecule has 3 rings (SSSR count). The number of carbonyl (C=O) groups excluding carboxylic acids is 1. The van der Waals surface area contributed by atoms with Crippen LogP contribution in [0.1, 0.15) is 30.4 Å². The van der Waals surface area contributed by atoms with Gasteiger partial charge in [0.15, 0.2) is 0 Å². The number of hydrogen-bond acceptors (Lipinski definition) is 2. The summed E-state index contributed by atoms with van der Waals surface area (Å²) in [7, 11) is 0. The van der Waals surface area contributed by atoms with Crippen molar-refractivity contribution in [2.45, 2.75) is 19.3 Å². The molecule has 0 unspecified atom stereocenters. The molecule has 0 aliphatic heterocycles. The first-order chi connectivity index (χ1) is 14.7. The number of H-pyrrole nitrogens is 1. The summed E-state index contributed by atoms with van der Waals surface area (Å²) < 4.78 is 0. The van der Waals surface area contributed by atoms with Crippen LogP contribution in [0.5, 0.6) is 0 Å². The number of benzene rings is 2. The molecule has 4 nitrogen and oxygen atoms in total. The second-order valence-corrected chi connectivity index (χ2v) is 7.72. The van der Waals surface area contributed by atoms with Crippen LogP contribution in [0.25, 0.3) is 23.1 Å². The van der Waals surface area contributed by atoms with Gasteiger partial charge < -0.3 is 15.6 Å². The molecule has 0 fully saturated rings. The molecule has 3 aromatic rings. The van der Waals surface area contributed by atoms with Crippen LogP contribution in [0.4, 0.5) is 0 Å². The third kappa shape index (κ3) is 6.34. The van der Waals surface area contributed by atoms with E-state index in [2.05, 4.69) is 4.98 Å². The molecule has 3 N–H and O–H groups in total. The number of nitrogens with two attached hydrogens (primary N) is 1. The fourth-order valence-corrected chi connectivity index (χ4v) is 3.62. The van der Waals surface area contributed by atoms with Gasteiger partial charge in [-0.1, -0.05) is 66.6 Å².